The van der Waals surface area contributed by atoms with Crippen LogP contribution >= 0.6 is 15.9 Å². The van der Waals surface area contributed by atoms with Gasteiger partial charge in [-0.15, -0.1) is 0 Å². The van der Waals surface area contributed by atoms with Crippen LogP contribution < -0.4 is 0 Å². The molecule has 7 atom stereocenters. The van der Waals surface area contributed by atoms with Crippen molar-refractivity contribution in [1.82, 2.24) is 0 Å². The van der Waals surface area contributed by atoms with E-state index >= 15 is 0 Å². The highest BCUT2D eigenvalue weighted by atomic mass is 79.9. The summed E-state index contributed by atoms with van der Waals surface area (Å²) in [7, 11) is 0. The molecule has 6 nitrogen and oxygen atoms in total. The lowest BCUT2D eigenvalue weighted by atomic mass is 9.66. The Morgan fingerprint density at radius 1 is 0.923 bits per heavy atom. The summed E-state index contributed by atoms with van der Waals surface area (Å²) < 4.78 is 37.5. The number of hydrogen-bond donors (Lipinski definition) is 0. The van der Waals surface area contributed by atoms with Crippen molar-refractivity contribution in [2.45, 2.75) is 88.7 Å². The van der Waals surface area contributed by atoms with Gasteiger partial charge in [-0.05, 0) is 47.0 Å². The highest BCUT2D eigenvalue weighted by molar-refractivity contribution is 9.09. The fraction of sp³-hybridized carbons (Fsp3) is 1.00. The summed E-state index contributed by atoms with van der Waals surface area (Å²) in [6.07, 6.45) is 2.36. The molecule has 4 heterocycles. The number of alkyl halides is 1. The van der Waals surface area contributed by atoms with E-state index in [1.165, 1.54) is 0 Å². The molecule has 0 aromatic carbocycles. The maximum absolute atomic E-state index is 6.51. The smallest absolute Gasteiger partial charge is 0.188 e. The van der Waals surface area contributed by atoms with Gasteiger partial charge in [0.15, 0.2) is 17.9 Å². The third kappa shape index (κ3) is 2.38. The Morgan fingerprint density at radius 2 is 1.73 bits per heavy atom. The third-order valence-electron chi connectivity index (χ3n) is 7.05. The summed E-state index contributed by atoms with van der Waals surface area (Å²) in [5.74, 6) is -0.844. The number of ether oxygens (including phenoxy) is 6. The Labute approximate surface area is 163 Å². The molecule has 1 aliphatic carbocycles. The highest BCUT2D eigenvalue weighted by Crippen LogP contribution is 2.66. The van der Waals surface area contributed by atoms with Crippen molar-refractivity contribution in [2.75, 3.05) is 18.5 Å². The lowest BCUT2D eigenvalue weighted by molar-refractivity contribution is -0.241. The van der Waals surface area contributed by atoms with Crippen LogP contribution in [0.1, 0.15) is 47.0 Å². The van der Waals surface area contributed by atoms with Crippen LogP contribution in [0.5, 0.6) is 0 Å². The average molecular weight is 433 g/mol. The molecule has 0 unspecified atom stereocenters. The SMILES string of the molecule is CC1(C)OC[C@H]([C@H]2O[C@@H]3OC(C)(C)O[C@@H]3[C@@]23CC[C@@]2(CBr)OCC[C@H]23)O1. The Kier molecular flexibility index (Phi) is 3.97. The number of hydrogen-bond acceptors (Lipinski definition) is 6. The van der Waals surface area contributed by atoms with E-state index in [9.17, 15) is 0 Å². The molecule has 1 saturated carbocycles. The van der Waals surface area contributed by atoms with Crippen molar-refractivity contribution >= 4 is 15.9 Å². The van der Waals surface area contributed by atoms with Crippen LogP contribution in [0, 0.1) is 11.3 Å². The average Bonchev–Trinajstić information content (AvgIpc) is 3.29. The minimum Gasteiger partial charge on any atom is -0.374 e. The van der Waals surface area contributed by atoms with Gasteiger partial charge in [0.1, 0.15) is 12.2 Å². The summed E-state index contributed by atoms with van der Waals surface area (Å²) in [4.78, 5) is 0. The summed E-state index contributed by atoms with van der Waals surface area (Å²) in [6.45, 7) is 9.18. The molecule has 7 heteroatoms. The van der Waals surface area contributed by atoms with Crippen molar-refractivity contribution < 1.29 is 28.4 Å². The normalized spacial score (nSPS) is 54.1. The lowest BCUT2D eigenvalue weighted by Gasteiger charge is -2.42. The molecular formula is C19H29BrO6. The predicted octanol–water partition coefficient (Wildman–Crippen LogP) is 2.96. The molecule has 0 bridgehead atoms. The van der Waals surface area contributed by atoms with Gasteiger partial charge in [-0.1, -0.05) is 15.9 Å². The minimum atomic E-state index is -0.626. The largest absolute Gasteiger partial charge is 0.374 e. The molecule has 4 saturated heterocycles. The van der Waals surface area contributed by atoms with Gasteiger partial charge in [-0.2, -0.15) is 0 Å². The molecule has 5 aliphatic rings. The Hall–Kier alpha value is 0.240. The first-order valence-electron chi connectivity index (χ1n) is 9.74. The first kappa shape index (κ1) is 18.3. The van der Waals surface area contributed by atoms with Crippen LogP contribution in [0.2, 0.25) is 0 Å². The maximum Gasteiger partial charge on any atom is 0.188 e. The molecule has 0 N–H and O–H groups in total. The van der Waals surface area contributed by atoms with Crippen molar-refractivity contribution in [3.05, 3.63) is 0 Å². The van der Waals surface area contributed by atoms with Crippen LogP contribution in [0.25, 0.3) is 0 Å². The molecule has 5 fully saturated rings. The third-order valence-corrected chi connectivity index (χ3v) is 8.00. The predicted molar refractivity (Wildman–Crippen MR) is 95.9 cm³/mol. The summed E-state index contributed by atoms with van der Waals surface area (Å²) in [5, 5.41) is 0.842. The van der Waals surface area contributed by atoms with Crippen molar-refractivity contribution in [3.8, 4) is 0 Å². The van der Waals surface area contributed by atoms with Crippen LogP contribution in [0.15, 0.2) is 0 Å². The standard InChI is InChI=1S/C19H29BrO6/c1-16(2)22-9-11(24-16)13-19(14-15(23-13)26-17(3,4)25-14)7-6-18(10-20)12(19)5-8-21-18/h11-15H,5-10H2,1-4H3/t11-,12-,13-,14+,15-,18+,19-/m1/s1. The lowest BCUT2D eigenvalue weighted by Crippen LogP contribution is -2.53. The zero-order chi connectivity index (χ0) is 18.4. The van der Waals surface area contributed by atoms with Gasteiger partial charge in [0.25, 0.3) is 0 Å². The second-order valence-electron chi connectivity index (χ2n) is 9.35. The van der Waals surface area contributed by atoms with E-state index in [-0.39, 0.29) is 35.6 Å². The van der Waals surface area contributed by atoms with E-state index in [0.29, 0.717) is 12.5 Å². The molecule has 0 radical (unpaired) electrons. The monoisotopic (exact) mass is 432 g/mol. The van der Waals surface area contributed by atoms with E-state index in [0.717, 1.165) is 31.2 Å². The van der Waals surface area contributed by atoms with Crippen LogP contribution in [-0.4, -0.2) is 60.3 Å². The van der Waals surface area contributed by atoms with Crippen LogP contribution in [0.4, 0.5) is 0 Å². The van der Waals surface area contributed by atoms with Gasteiger partial charge in [0, 0.05) is 23.3 Å². The quantitative estimate of drug-likeness (QED) is 0.625. The van der Waals surface area contributed by atoms with Gasteiger partial charge < -0.3 is 28.4 Å². The first-order chi connectivity index (χ1) is 12.2. The topological polar surface area (TPSA) is 55.4 Å². The molecule has 1 spiro atoms. The van der Waals surface area contributed by atoms with Gasteiger partial charge >= 0.3 is 0 Å². The van der Waals surface area contributed by atoms with Gasteiger partial charge in [-0.25, -0.2) is 0 Å². The summed E-state index contributed by atoms with van der Waals surface area (Å²) >= 11 is 3.73. The Bertz CT molecular complexity index is 597. The van der Waals surface area contributed by atoms with Gasteiger partial charge in [0.2, 0.25) is 0 Å². The molecular weight excluding hydrogens is 404 g/mol. The molecule has 4 aliphatic heterocycles. The van der Waals surface area contributed by atoms with Gasteiger partial charge in [-0.3, -0.25) is 0 Å². The molecule has 26 heavy (non-hydrogen) atoms. The Morgan fingerprint density at radius 3 is 2.42 bits per heavy atom. The Balaban J connectivity index is 1.54. The van der Waals surface area contributed by atoms with Crippen molar-refractivity contribution in [3.63, 3.8) is 0 Å². The van der Waals surface area contributed by atoms with E-state index in [4.69, 9.17) is 28.4 Å². The highest BCUT2D eigenvalue weighted by Gasteiger charge is 2.74. The van der Waals surface area contributed by atoms with Crippen LogP contribution in [0.3, 0.4) is 0 Å². The van der Waals surface area contributed by atoms with Crippen LogP contribution in [-0.2, 0) is 28.4 Å². The zero-order valence-corrected chi connectivity index (χ0v) is 17.5. The summed E-state index contributed by atoms with van der Waals surface area (Å²) in [5.41, 5.74) is -0.307. The fourth-order valence-corrected chi connectivity index (χ4v) is 6.99. The van der Waals surface area contributed by atoms with Crippen molar-refractivity contribution in [2.24, 2.45) is 11.3 Å². The van der Waals surface area contributed by atoms with Gasteiger partial charge in [0.05, 0.1) is 18.3 Å². The van der Waals surface area contributed by atoms with E-state index in [1.54, 1.807) is 0 Å². The summed E-state index contributed by atoms with van der Waals surface area (Å²) in [6, 6.07) is 0. The van der Waals surface area contributed by atoms with E-state index < -0.39 is 11.6 Å². The molecule has 0 aromatic rings. The second kappa shape index (κ2) is 5.65. The zero-order valence-electron chi connectivity index (χ0n) is 16.0. The van der Waals surface area contributed by atoms with Crippen molar-refractivity contribution in [1.29, 1.82) is 0 Å². The molecule has 5 rings (SSSR count). The molecule has 0 amide bonds. The van der Waals surface area contributed by atoms with E-state index in [1.807, 2.05) is 27.7 Å². The number of rotatable bonds is 2. The number of fused-ring (bicyclic) bond motifs is 4. The molecule has 148 valence electrons. The fourth-order valence-electron chi connectivity index (χ4n) is 6.15. The van der Waals surface area contributed by atoms with E-state index in [2.05, 4.69) is 15.9 Å². The number of halogens is 1. The first-order valence-corrected chi connectivity index (χ1v) is 10.9. The maximum atomic E-state index is 6.51. The molecule has 0 aromatic heterocycles. The second-order valence-corrected chi connectivity index (χ2v) is 9.91. The minimum absolute atomic E-state index is 0.0950.